The topological polar surface area (TPSA) is 66.9 Å². The predicted octanol–water partition coefficient (Wildman–Crippen LogP) is 0.895. The van der Waals surface area contributed by atoms with Crippen molar-refractivity contribution in [1.82, 2.24) is 0 Å². The minimum Gasteiger partial charge on any atom is -0.369 e. The van der Waals surface area contributed by atoms with Crippen LogP contribution in [0.2, 0.25) is 0 Å². The molecule has 0 fully saturated rings. The van der Waals surface area contributed by atoms with Gasteiger partial charge in [0.1, 0.15) is 0 Å². The highest BCUT2D eigenvalue weighted by Gasteiger charge is 2.02. The number of benzene rings is 1. The van der Waals surface area contributed by atoms with Crippen molar-refractivity contribution >= 4 is 5.91 Å². The number of hydrogen-bond donors (Lipinski definition) is 1. The van der Waals surface area contributed by atoms with Crippen LogP contribution in [0.3, 0.4) is 0 Å². The fourth-order valence-corrected chi connectivity index (χ4v) is 1.15. The lowest BCUT2D eigenvalue weighted by Crippen LogP contribution is -2.14. The van der Waals surface area contributed by atoms with E-state index in [9.17, 15) is 4.79 Å². The molecule has 2 N–H and O–H groups in total. The second-order valence-corrected chi connectivity index (χ2v) is 2.90. The van der Waals surface area contributed by atoms with E-state index in [0.29, 0.717) is 5.56 Å². The Morgan fingerprint density at radius 3 is 2.77 bits per heavy atom. The van der Waals surface area contributed by atoms with Gasteiger partial charge in [0.05, 0.1) is 18.1 Å². The molecule has 1 rings (SSSR count). The van der Waals surface area contributed by atoms with Crippen molar-refractivity contribution in [3.8, 4) is 6.07 Å². The van der Waals surface area contributed by atoms with Crippen LogP contribution in [0.15, 0.2) is 18.2 Å². The van der Waals surface area contributed by atoms with Crippen LogP contribution in [0.5, 0.6) is 0 Å². The number of hydrogen-bond acceptors (Lipinski definition) is 2. The molecule has 0 bridgehead atoms. The molecule has 1 amide bonds. The average molecular weight is 174 g/mol. The van der Waals surface area contributed by atoms with Crippen LogP contribution in [0.4, 0.5) is 0 Å². The number of aryl methyl sites for hydroxylation is 1. The number of carbonyl (C=O) groups is 1. The van der Waals surface area contributed by atoms with Crippen molar-refractivity contribution in [3.63, 3.8) is 0 Å². The molecule has 0 radical (unpaired) electrons. The van der Waals surface area contributed by atoms with E-state index in [-0.39, 0.29) is 12.3 Å². The van der Waals surface area contributed by atoms with Crippen molar-refractivity contribution in [1.29, 1.82) is 5.26 Å². The average Bonchev–Trinajstić information content (AvgIpc) is 2.08. The molecule has 1 aromatic carbocycles. The fourth-order valence-electron chi connectivity index (χ4n) is 1.15. The van der Waals surface area contributed by atoms with E-state index in [0.717, 1.165) is 11.1 Å². The summed E-state index contributed by atoms with van der Waals surface area (Å²) in [6.07, 6.45) is 0.234. The van der Waals surface area contributed by atoms with Gasteiger partial charge in [-0.3, -0.25) is 4.79 Å². The van der Waals surface area contributed by atoms with Gasteiger partial charge in [-0.25, -0.2) is 0 Å². The molecule has 0 spiro atoms. The van der Waals surface area contributed by atoms with Gasteiger partial charge in [-0.2, -0.15) is 5.26 Å². The molecular formula is C10H10N2O. The van der Waals surface area contributed by atoms with Gasteiger partial charge in [-0.05, 0) is 30.2 Å². The van der Waals surface area contributed by atoms with E-state index < -0.39 is 0 Å². The lowest BCUT2D eigenvalue weighted by atomic mass is 10.0. The van der Waals surface area contributed by atoms with Crippen molar-refractivity contribution in [2.24, 2.45) is 5.73 Å². The predicted molar refractivity (Wildman–Crippen MR) is 48.8 cm³/mol. The minimum absolute atomic E-state index is 0.234. The zero-order valence-electron chi connectivity index (χ0n) is 7.37. The van der Waals surface area contributed by atoms with Crippen LogP contribution in [0.1, 0.15) is 16.7 Å². The maximum absolute atomic E-state index is 10.6. The van der Waals surface area contributed by atoms with E-state index >= 15 is 0 Å². The summed E-state index contributed by atoms with van der Waals surface area (Å²) in [5, 5.41) is 8.59. The summed E-state index contributed by atoms with van der Waals surface area (Å²) in [7, 11) is 0. The normalized spacial score (nSPS) is 9.23. The van der Waals surface area contributed by atoms with Gasteiger partial charge in [-0.1, -0.05) is 6.07 Å². The van der Waals surface area contributed by atoms with Crippen LogP contribution >= 0.6 is 0 Å². The van der Waals surface area contributed by atoms with Gasteiger partial charge in [0, 0.05) is 0 Å². The second kappa shape index (κ2) is 3.72. The van der Waals surface area contributed by atoms with Crippen molar-refractivity contribution < 1.29 is 4.79 Å². The number of rotatable bonds is 2. The Morgan fingerprint density at radius 2 is 2.31 bits per heavy atom. The zero-order valence-corrected chi connectivity index (χ0v) is 7.37. The van der Waals surface area contributed by atoms with Crippen LogP contribution in [-0.4, -0.2) is 5.91 Å². The van der Waals surface area contributed by atoms with Gasteiger partial charge in [-0.15, -0.1) is 0 Å². The summed E-state index contributed by atoms with van der Waals surface area (Å²) in [6, 6.07) is 7.23. The van der Waals surface area contributed by atoms with E-state index in [1.165, 1.54) is 0 Å². The van der Waals surface area contributed by atoms with E-state index in [2.05, 4.69) is 0 Å². The monoisotopic (exact) mass is 174 g/mol. The molecule has 0 atom stereocenters. The zero-order chi connectivity index (χ0) is 9.84. The van der Waals surface area contributed by atoms with Gasteiger partial charge in [0.2, 0.25) is 5.91 Å². The molecular weight excluding hydrogens is 164 g/mol. The molecule has 0 aliphatic carbocycles. The molecule has 0 aliphatic heterocycles. The number of amides is 1. The summed E-state index contributed by atoms with van der Waals surface area (Å²) in [4.78, 5) is 10.6. The molecule has 0 saturated heterocycles. The van der Waals surface area contributed by atoms with Gasteiger partial charge in [0.25, 0.3) is 0 Å². The van der Waals surface area contributed by atoms with Gasteiger partial charge < -0.3 is 5.73 Å². The largest absolute Gasteiger partial charge is 0.369 e. The first-order chi connectivity index (χ1) is 6.13. The number of primary amides is 1. The molecule has 0 unspecified atom stereocenters. The standard InChI is InChI=1S/C10H10N2O/c1-7-4-8(6-11)2-3-9(7)5-10(12)13/h2-4H,5H2,1H3,(H2,12,13). The first-order valence-electron chi connectivity index (χ1n) is 3.91. The summed E-state index contributed by atoms with van der Waals surface area (Å²) >= 11 is 0. The van der Waals surface area contributed by atoms with Crippen LogP contribution in [-0.2, 0) is 11.2 Å². The molecule has 0 heterocycles. The second-order valence-electron chi connectivity index (χ2n) is 2.90. The van der Waals surface area contributed by atoms with E-state index in [4.69, 9.17) is 11.0 Å². The third kappa shape index (κ3) is 2.31. The third-order valence-corrected chi connectivity index (χ3v) is 1.84. The molecule has 0 aromatic heterocycles. The first kappa shape index (κ1) is 9.27. The van der Waals surface area contributed by atoms with Gasteiger partial charge in [0.15, 0.2) is 0 Å². The SMILES string of the molecule is Cc1cc(C#N)ccc1CC(N)=O. The lowest BCUT2D eigenvalue weighted by molar-refractivity contribution is -0.117. The minimum atomic E-state index is -0.354. The molecule has 0 aliphatic rings. The number of nitrogens with zero attached hydrogens (tertiary/aromatic N) is 1. The quantitative estimate of drug-likeness (QED) is 0.723. The molecule has 1 aromatic rings. The number of nitrogens with two attached hydrogens (primary N) is 1. The van der Waals surface area contributed by atoms with Gasteiger partial charge >= 0.3 is 0 Å². The van der Waals surface area contributed by atoms with E-state index in [1.807, 2.05) is 13.0 Å². The number of carbonyl (C=O) groups excluding carboxylic acids is 1. The smallest absolute Gasteiger partial charge is 0.221 e. The molecule has 3 nitrogen and oxygen atoms in total. The molecule has 66 valence electrons. The van der Waals surface area contributed by atoms with Crippen molar-refractivity contribution in [2.45, 2.75) is 13.3 Å². The van der Waals surface area contributed by atoms with Crippen molar-refractivity contribution in [3.05, 3.63) is 34.9 Å². The van der Waals surface area contributed by atoms with Crippen LogP contribution < -0.4 is 5.73 Å². The summed E-state index contributed by atoms with van der Waals surface area (Å²) in [5.74, 6) is -0.354. The van der Waals surface area contributed by atoms with Crippen molar-refractivity contribution in [2.75, 3.05) is 0 Å². The molecule has 13 heavy (non-hydrogen) atoms. The van der Waals surface area contributed by atoms with Crippen LogP contribution in [0.25, 0.3) is 0 Å². The first-order valence-corrected chi connectivity index (χ1v) is 3.91. The lowest BCUT2D eigenvalue weighted by Gasteiger charge is -2.02. The Hall–Kier alpha value is -1.82. The highest BCUT2D eigenvalue weighted by molar-refractivity contribution is 5.77. The highest BCUT2D eigenvalue weighted by atomic mass is 16.1. The summed E-state index contributed by atoms with van der Waals surface area (Å²) in [6.45, 7) is 1.86. The highest BCUT2D eigenvalue weighted by Crippen LogP contribution is 2.10. The third-order valence-electron chi connectivity index (χ3n) is 1.84. The van der Waals surface area contributed by atoms with E-state index in [1.54, 1.807) is 18.2 Å². The fraction of sp³-hybridized carbons (Fsp3) is 0.200. The Labute approximate surface area is 76.8 Å². The summed E-state index contributed by atoms with van der Waals surface area (Å²) in [5.41, 5.74) is 7.47. The Morgan fingerprint density at radius 1 is 1.62 bits per heavy atom. The maximum Gasteiger partial charge on any atom is 0.221 e. The Balaban J connectivity index is 3.00. The Kier molecular flexibility index (Phi) is 2.65. The van der Waals surface area contributed by atoms with Crippen LogP contribution in [0, 0.1) is 18.3 Å². The summed E-state index contributed by atoms with van der Waals surface area (Å²) < 4.78 is 0. The maximum atomic E-state index is 10.6. The molecule has 3 heteroatoms. The number of nitriles is 1. The Bertz CT molecular complexity index is 377. The molecule has 0 saturated carbocycles.